The predicted octanol–water partition coefficient (Wildman–Crippen LogP) is 21.5. The number of ether oxygens (including phenoxy) is 3. The molecule has 0 rings (SSSR count). The summed E-state index contributed by atoms with van der Waals surface area (Å²) in [6.07, 6.45) is 61.0. The van der Waals surface area contributed by atoms with Crippen LogP contribution in [0, 0.1) is 17.8 Å². The highest BCUT2D eigenvalue weighted by Gasteiger charge is 2.19. The molecule has 0 aromatic rings. The van der Waals surface area contributed by atoms with Crippen LogP contribution in [0.4, 0.5) is 0 Å². The zero-order valence-electron chi connectivity index (χ0n) is 49.0. The van der Waals surface area contributed by atoms with Crippen LogP contribution in [-0.2, 0) is 28.6 Å². The first-order valence-corrected chi connectivity index (χ1v) is 32.1. The van der Waals surface area contributed by atoms with Gasteiger partial charge in [0.05, 0.1) is 0 Å². The standard InChI is InChI=1S/C65H126O6/c1-7-61(6)53-47-41-35-29-23-17-14-15-19-25-31-37-43-49-55-64(67)70-58-62(71-65(68)56-50-44-38-32-26-20-22-28-34-40-46-52-60(4)5)57-69-63(66)54-48-42-36-30-24-18-13-11-9-8-10-12-16-21-27-33-39-45-51-59(2)3/h59-62H,7-58H2,1-6H3/t61?,62-/m1/s1. The molecule has 1 unspecified atom stereocenters. The molecule has 0 aliphatic heterocycles. The number of rotatable bonds is 58. The molecule has 0 radical (unpaired) electrons. The fraction of sp³-hybridized carbons (Fsp3) is 0.954. The van der Waals surface area contributed by atoms with Gasteiger partial charge in [0, 0.05) is 19.3 Å². The quantitative estimate of drug-likeness (QED) is 0.0343. The van der Waals surface area contributed by atoms with Gasteiger partial charge in [0.25, 0.3) is 0 Å². The van der Waals surface area contributed by atoms with Crippen molar-refractivity contribution in [2.24, 2.45) is 17.8 Å². The molecule has 71 heavy (non-hydrogen) atoms. The number of carbonyl (C=O) groups excluding carboxylic acids is 3. The van der Waals surface area contributed by atoms with E-state index < -0.39 is 6.10 Å². The lowest BCUT2D eigenvalue weighted by Crippen LogP contribution is -2.30. The third-order valence-electron chi connectivity index (χ3n) is 15.3. The number of hydrogen-bond donors (Lipinski definition) is 0. The van der Waals surface area contributed by atoms with Crippen LogP contribution < -0.4 is 0 Å². The summed E-state index contributed by atoms with van der Waals surface area (Å²) in [5.41, 5.74) is 0. The van der Waals surface area contributed by atoms with E-state index in [9.17, 15) is 14.4 Å². The number of hydrogen-bond acceptors (Lipinski definition) is 6. The SMILES string of the molecule is CCC(C)CCCCCCCCCCCCCCCCC(=O)OC[C@@H](COC(=O)CCCCCCCCCCCCCCCCCCCCC(C)C)OC(=O)CCCCCCCCCCCCCC(C)C. The van der Waals surface area contributed by atoms with Crippen molar-refractivity contribution in [3.8, 4) is 0 Å². The van der Waals surface area contributed by atoms with Crippen molar-refractivity contribution in [2.75, 3.05) is 13.2 Å². The van der Waals surface area contributed by atoms with Gasteiger partial charge in [0.15, 0.2) is 6.10 Å². The molecule has 0 heterocycles. The fourth-order valence-corrected chi connectivity index (χ4v) is 10.0. The molecule has 0 saturated heterocycles. The molecule has 6 heteroatoms. The van der Waals surface area contributed by atoms with Gasteiger partial charge in [-0.2, -0.15) is 0 Å². The van der Waals surface area contributed by atoms with Crippen molar-refractivity contribution in [3.05, 3.63) is 0 Å². The maximum Gasteiger partial charge on any atom is 0.306 e. The third-order valence-corrected chi connectivity index (χ3v) is 15.3. The lowest BCUT2D eigenvalue weighted by molar-refractivity contribution is -0.167. The van der Waals surface area contributed by atoms with Gasteiger partial charge in [-0.1, -0.05) is 324 Å². The van der Waals surface area contributed by atoms with E-state index in [1.165, 1.54) is 244 Å². The molecule has 422 valence electrons. The highest BCUT2D eigenvalue weighted by molar-refractivity contribution is 5.71. The van der Waals surface area contributed by atoms with Crippen LogP contribution in [0.1, 0.15) is 363 Å². The molecule has 0 saturated carbocycles. The minimum absolute atomic E-state index is 0.0627. The Kier molecular flexibility index (Phi) is 54.9. The normalized spacial score (nSPS) is 12.5. The van der Waals surface area contributed by atoms with E-state index >= 15 is 0 Å². The molecule has 0 spiro atoms. The molecule has 0 fully saturated rings. The summed E-state index contributed by atoms with van der Waals surface area (Å²) in [6.45, 7) is 13.8. The summed E-state index contributed by atoms with van der Waals surface area (Å²) in [5, 5.41) is 0. The summed E-state index contributed by atoms with van der Waals surface area (Å²) in [5.74, 6) is 1.74. The van der Waals surface area contributed by atoms with E-state index in [0.717, 1.165) is 75.5 Å². The van der Waals surface area contributed by atoms with E-state index in [1.807, 2.05) is 0 Å². The highest BCUT2D eigenvalue weighted by atomic mass is 16.6. The maximum absolute atomic E-state index is 12.9. The van der Waals surface area contributed by atoms with Crippen molar-refractivity contribution in [2.45, 2.75) is 369 Å². The average molecular weight is 1000 g/mol. The van der Waals surface area contributed by atoms with Gasteiger partial charge in [-0.05, 0) is 37.0 Å². The second-order valence-corrected chi connectivity index (χ2v) is 23.6. The molecular formula is C65H126O6. The number of carbonyl (C=O) groups is 3. The van der Waals surface area contributed by atoms with Gasteiger partial charge in [0.2, 0.25) is 0 Å². The van der Waals surface area contributed by atoms with E-state index in [2.05, 4.69) is 41.5 Å². The predicted molar refractivity (Wildman–Crippen MR) is 307 cm³/mol. The van der Waals surface area contributed by atoms with Crippen LogP contribution in [0.25, 0.3) is 0 Å². The monoisotopic (exact) mass is 1000 g/mol. The number of esters is 3. The van der Waals surface area contributed by atoms with Gasteiger partial charge < -0.3 is 14.2 Å². The second-order valence-electron chi connectivity index (χ2n) is 23.6. The van der Waals surface area contributed by atoms with E-state index in [4.69, 9.17) is 14.2 Å². The van der Waals surface area contributed by atoms with Gasteiger partial charge >= 0.3 is 17.9 Å². The minimum Gasteiger partial charge on any atom is -0.462 e. The van der Waals surface area contributed by atoms with Gasteiger partial charge in [0.1, 0.15) is 13.2 Å². The Bertz CT molecular complexity index is 1100. The molecule has 0 N–H and O–H groups in total. The Labute approximate surface area is 444 Å². The molecule has 2 atom stereocenters. The largest absolute Gasteiger partial charge is 0.462 e. The van der Waals surface area contributed by atoms with Crippen molar-refractivity contribution in [3.63, 3.8) is 0 Å². The van der Waals surface area contributed by atoms with Crippen molar-refractivity contribution in [1.82, 2.24) is 0 Å². The van der Waals surface area contributed by atoms with E-state index in [0.29, 0.717) is 19.3 Å². The Hall–Kier alpha value is -1.59. The molecule has 6 nitrogen and oxygen atoms in total. The molecule has 0 aromatic heterocycles. The Morgan fingerprint density at radius 2 is 0.493 bits per heavy atom. The maximum atomic E-state index is 12.9. The van der Waals surface area contributed by atoms with Crippen LogP contribution in [0.5, 0.6) is 0 Å². The molecule has 0 amide bonds. The lowest BCUT2D eigenvalue weighted by Gasteiger charge is -2.18. The first-order chi connectivity index (χ1) is 34.6. The van der Waals surface area contributed by atoms with Gasteiger partial charge in [-0.15, -0.1) is 0 Å². The first kappa shape index (κ1) is 69.4. The Morgan fingerprint density at radius 1 is 0.282 bits per heavy atom. The average Bonchev–Trinajstić information content (AvgIpc) is 3.35. The van der Waals surface area contributed by atoms with Crippen molar-refractivity contribution >= 4 is 17.9 Å². The topological polar surface area (TPSA) is 78.9 Å². The molecule has 0 aliphatic rings. The highest BCUT2D eigenvalue weighted by Crippen LogP contribution is 2.19. The smallest absolute Gasteiger partial charge is 0.306 e. The summed E-state index contributed by atoms with van der Waals surface area (Å²) < 4.78 is 17.0. The van der Waals surface area contributed by atoms with Crippen LogP contribution in [-0.4, -0.2) is 37.2 Å². The Balaban J connectivity index is 4.26. The zero-order chi connectivity index (χ0) is 51.9. The van der Waals surface area contributed by atoms with Crippen LogP contribution >= 0.6 is 0 Å². The number of unbranched alkanes of at least 4 members (excludes halogenated alkanes) is 40. The summed E-state index contributed by atoms with van der Waals surface area (Å²) in [7, 11) is 0. The lowest BCUT2D eigenvalue weighted by atomic mass is 9.99. The molecule has 0 bridgehead atoms. The van der Waals surface area contributed by atoms with E-state index in [-0.39, 0.29) is 31.1 Å². The second kappa shape index (κ2) is 56.1. The zero-order valence-corrected chi connectivity index (χ0v) is 49.0. The molecule has 0 aromatic carbocycles. The van der Waals surface area contributed by atoms with Crippen molar-refractivity contribution in [1.29, 1.82) is 0 Å². The molecular weight excluding hydrogens is 877 g/mol. The fourth-order valence-electron chi connectivity index (χ4n) is 10.0. The van der Waals surface area contributed by atoms with Crippen LogP contribution in [0.3, 0.4) is 0 Å². The minimum atomic E-state index is -0.764. The Morgan fingerprint density at radius 3 is 0.732 bits per heavy atom. The summed E-state index contributed by atoms with van der Waals surface area (Å²) in [4.78, 5) is 38.3. The van der Waals surface area contributed by atoms with Gasteiger partial charge in [-0.3, -0.25) is 14.4 Å². The van der Waals surface area contributed by atoms with E-state index in [1.54, 1.807) is 0 Å². The van der Waals surface area contributed by atoms with Crippen LogP contribution in [0.2, 0.25) is 0 Å². The van der Waals surface area contributed by atoms with Crippen LogP contribution in [0.15, 0.2) is 0 Å². The summed E-state index contributed by atoms with van der Waals surface area (Å²) in [6, 6.07) is 0. The summed E-state index contributed by atoms with van der Waals surface area (Å²) >= 11 is 0. The third kappa shape index (κ3) is 57.5. The van der Waals surface area contributed by atoms with Gasteiger partial charge in [-0.25, -0.2) is 0 Å². The first-order valence-electron chi connectivity index (χ1n) is 32.1. The molecule has 0 aliphatic carbocycles. The van der Waals surface area contributed by atoms with Crippen molar-refractivity contribution < 1.29 is 28.6 Å².